The van der Waals surface area contributed by atoms with Gasteiger partial charge in [-0.05, 0) is 31.9 Å². The van der Waals surface area contributed by atoms with Crippen LogP contribution in [0.2, 0.25) is 0 Å². The summed E-state index contributed by atoms with van der Waals surface area (Å²) in [5.41, 5.74) is 0.603. The number of carbonyl (C=O) groups excluding carboxylic acids is 2. The molecule has 0 spiro atoms. The molecule has 0 saturated carbocycles. The van der Waals surface area contributed by atoms with Crippen molar-refractivity contribution >= 4 is 17.6 Å². The van der Waals surface area contributed by atoms with Crippen molar-refractivity contribution in [2.24, 2.45) is 5.92 Å². The van der Waals surface area contributed by atoms with Crippen molar-refractivity contribution in [3.05, 3.63) is 18.2 Å². The lowest BCUT2D eigenvalue weighted by atomic mass is 9.98. The quantitative estimate of drug-likeness (QED) is 0.700. The molecule has 2 N–H and O–H groups in total. The number of anilines is 1. The smallest absolute Gasteiger partial charge is 0.314 e. The number of esters is 1. The van der Waals surface area contributed by atoms with Crippen LogP contribution in [0.4, 0.5) is 5.69 Å². The summed E-state index contributed by atoms with van der Waals surface area (Å²) in [7, 11) is 3.12. The molecule has 0 radical (unpaired) electrons. The molecule has 0 aromatic heterocycles. The Labute approximate surface area is 148 Å². The molecular formula is C18H27N2O5+. The van der Waals surface area contributed by atoms with Crippen LogP contribution in [-0.4, -0.2) is 52.3 Å². The molecule has 7 nitrogen and oxygen atoms in total. The second-order valence-electron chi connectivity index (χ2n) is 6.09. The largest absolute Gasteiger partial charge is 0.497 e. The summed E-state index contributed by atoms with van der Waals surface area (Å²) in [5, 5.41) is 2.87. The van der Waals surface area contributed by atoms with Crippen molar-refractivity contribution in [3.63, 3.8) is 0 Å². The van der Waals surface area contributed by atoms with Gasteiger partial charge in [-0.2, -0.15) is 0 Å². The summed E-state index contributed by atoms with van der Waals surface area (Å²) in [4.78, 5) is 25.4. The maximum atomic E-state index is 12.4. The summed E-state index contributed by atoms with van der Waals surface area (Å²) in [6.45, 7) is 4.02. The van der Waals surface area contributed by atoms with Gasteiger partial charge in [-0.1, -0.05) is 0 Å². The zero-order valence-corrected chi connectivity index (χ0v) is 15.1. The Hall–Kier alpha value is -2.28. The number of ether oxygens (including phenoxy) is 3. The van der Waals surface area contributed by atoms with Gasteiger partial charge < -0.3 is 24.4 Å². The van der Waals surface area contributed by atoms with Crippen LogP contribution in [0.25, 0.3) is 0 Å². The van der Waals surface area contributed by atoms with Gasteiger partial charge in [-0.3, -0.25) is 9.59 Å². The van der Waals surface area contributed by atoms with Gasteiger partial charge in [0.2, 0.25) is 0 Å². The van der Waals surface area contributed by atoms with Crippen LogP contribution in [0.5, 0.6) is 11.5 Å². The highest BCUT2D eigenvalue weighted by Gasteiger charge is 2.30. The molecule has 0 bridgehead atoms. The lowest BCUT2D eigenvalue weighted by molar-refractivity contribution is -0.899. The van der Waals surface area contributed by atoms with E-state index in [-0.39, 0.29) is 17.8 Å². The molecule has 7 heteroatoms. The third-order valence-corrected chi connectivity index (χ3v) is 4.33. The summed E-state index contributed by atoms with van der Waals surface area (Å²) < 4.78 is 15.5. The molecule has 1 aliphatic heterocycles. The topological polar surface area (TPSA) is 78.3 Å². The van der Waals surface area contributed by atoms with E-state index in [1.807, 2.05) is 0 Å². The van der Waals surface area contributed by atoms with Gasteiger partial charge in [0.1, 0.15) is 17.4 Å². The van der Waals surface area contributed by atoms with Gasteiger partial charge >= 0.3 is 5.97 Å². The maximum Gasteiger partial charge on any atom is 0.314 e. The first kappa shape index (κ1) is 19.1. The van der Waals surface area contributed by atoms with Crippen molar-refractivity contribution in [2.45, 2.75) is 19.8 Å². The molecule has 1 aromatic carbocycles. The highest BCUT2D eigenvalue weighted by atomic mass is 16.5. The molecule has 1 aliphatic rings. The van der Waals surface area contributed by atoms with Crippen LogP contribution in [0.1, 0.15) is 19.8 Å². The number of carbonyl (C=O) groups is 2. The van der Waals surface area contributed by atoms with Gasteiger partial charge in [0.05, 0.1) is 39.6 Å². The molecule has 1 saturated heterocycles. The van der Waals surface area contributed by atoms with E-state index in [2.05, 4.69) is 5.32 Å². The fourth-order valence-corrected chi connectivity index (χ4v) is 3.10. The summed E-state index contributed by atoms with van der Waals surface area (Å²) in [6, 6.07) is 5.24. The number of piperidine rings is 1. The van der Waals surface area contributed by atoms with Crippen molar-refractivity contribution < 1.29 is 28.7 Å². The Balaban J connectivity index is 1.92. The van der Waals surface area contributed by atoms with Crippen LogP contribution in [-0.2, 0) is 14.3 Å². The number of rotatable bonds is 7. The Morgan fingerprint density at radius 1 is 1.28 bits per heavy atom. The van der Waals surface area contributed by atoms with E-state index in [0.29, 0.717) is 36.9 Å². The normalized spacial score (nSPS) is 19.8. The van der Waals surface area contributed by atoms with E-state index in [9.17, 15) is 9.59 Å². The minimum Gasteiger partial charge on any atom is -0.497 e. The molecule has 25 heavy (non-hydrogen) atoms. The summed E-state index contributed by atoms with van der Waals surface area (Å²) >= 11 is 0. The zero-order chi connectivity index (χ0) is 18.2. The van der Waals surface area contributed by atoms with E-state index in [1.165, 1.54) is 0 Å². The van der Waals surface area contributed by atoms with Crippen LogP contribution in [0, 0.1) is 5.92 Å². The maximum absolute atomic E-state index is 12.4. The van der Waals surface area contributed by atoms with Gasteiger partial charge in [-0.15, -0.1) is 0 Å². The van der Waals surface area contributed by atoms with Crippen molar-refractivity contribution in [1.29, 1.82) is 0 Å². The molecule has 1 heterocycles. The number of hydrogen-bond acceptors (Lipinski definition) is 5. The molecule has 2 rings (SSSR count). The van der Waals surface area contributed by atoms with E-state index in [4.69, 9.17) is 14.2 Å². The summed E-state index contributed by atoms with van der Waals surface area (Å²) in [6.07, 6.45) is 1.74. The minimum atomic E-state index is -0.156. The first-order valence-electron chi connectivity index (χ1n) is 8.59. The Bertz CT molecular complexity index is 605. The fraction of sp³-hybridized carbons (Fsp3) is 0.556. The second-order valence-corrected chi connectivity index (χ2v) is 6.09. The van der Waals surface area contributed by atoms with Gasteiger partial charge in [0.15, 0.2) is 6.54 Å². The Morgan fingerprint density at radius 2 is 2.08 bits per heavy atom. The molecule has 138 valence electrons. The molecule has 1 fully saturated rings. The van der Waals surface area contributed by atoms with Crippen LogP contribution >= 0.6 is 0 Å². The monoisotopic (exact) mass is 351 g/mol. The van der Waals surface area contributed by atoms with Crippen molar-refractivity contribution in [1.82, 2.24) is 0 Å². The first-order chi connectivity index (χ1) is 12.1. The molecular weight excluding hydrogens is 324 g/mol. The number of amides is 1. The molecule has 1 aromatic rings. The highest BCUT2D eigenvalue weighted by Crippen LogP contribution is 2.28. The number of benzene rings is 1. The Morgan fingerprint density at radius 3 is 2.76 bits per heavy atom. The molecule has 1 amide bonds. The number of quaternary nitrogens is 1. The molecule has 0 aliphatic carbocycles. The average molecular weight is 351 g/mol. The van der Waals surface area contributed by atoms with E-state index < -0.39 is 0 Å². The summed E-state index contributed by atoms with van der Waals surface area (Å²) in [5.74, 6) is 0.825. The van der Waals surface area contributed by atoms with Crippen LogP contribution < -0.4 is 19.7 Å². The van der Waals surface area contributed by atoms with Gasteiger partial charge in [0, 0.05) is 6.07 Å². The molecule has 2 atom stereocenters. The number of likely N-dealkylation sites (tertiary alicyclic amines) is 1. The average Bonchev–Trinajstić information content (AvgIpc) is 2.62. The third kappa shape index (κ3) is 5.35. The third-order valence-electron chi connectivity index (χ3n) is 4.33. The lowest BCUT2D eigenvalue weighted by Crippen LogP contribution is -3.14. The van der Waals surface area contributed by atoms with E-state index >= 15 is 0 Å². The van der Waals surface area contributed by atoms with Gasteiger partial charge in [-0.25, -0.2) is 0 Å². The van der Waals surface area contributed by atoms with Gasteiger partial charge in [0.25, 0.3) is 5.91 Å². The highest BCUT2D eigenvalue weighted by molar-refractivity contribution is 5.93. The van der Waals surface area contributed by atoms with E-state index in [0.717, 1.165) is 24.3 Å². The van der Waals surface area contributed by atoms with Crippen molar-refractivity contribution in [2.75, 3.05) is 45.8 Å². The Kier molecular flexibility index (Phi) is 7.06. The number of nitrogens with one attached hydrogen (secondary N) is 2. The zero-order valence-electron chi connectivity index (χ0n) is 15.1. The second kappa shape index (κ2) is 9.27. The number of methoxy groups -OCH3 is 2. The lowest BCUT2D eigenvalue weighted by Gasteiger charge is -2.28. The van der Waals surface area contributed by atoms with Crippen molar-refractivity contribution in [3.8, 4) is 11.5 Å². The minimum absolute atomic E-state index is 0.108. The SMILES string of the molecule is CCOC(=O)[C@@H]1CCC[NH+](CC(=O)Nc2ccc(OC)cc2OC)C1. The first-order valence-corrected chi connectivity index (χ1v) is 8.59. The number of hydrogen-bond donors (Lipinski definition) is 2. The van der Waals surface area contributed by atoms with Crippen LogP contribution in [0.3, 0.4) is 0 Å². The van der Waals surface area contributed by atoms with E-state index in [1.54, 1.807) is 39.3 Å². The predicted molar refractivity (Wildman–Crippen MR) is 93.1 cm³/mol. The molecule has 1 unspecified atom stereocenters. The predicted octanol–water partition coefficient (Wildman–Crippen LogP) is 0.500. The fourth-order valence-electron chi connectivity index (χ4n) is 3.10. The standard InChI is InChI=1S/C18H26N2O5/c1-4-25-18(22)13-6-5-9-20(11-13)12-17(21)19-15-8-7-14(23-2)10-16(15)24-3/h7-8,10,13H,4-6,9,11-12H2,1-3H3,(H,19,21)/p+1/t13-/m1/s1. The van der Waals surface area contributed by atoms with Crippen LogP contribution in [0.15, 0.2) is 18.2 Å².